The maximum atomic E-state index is 4.77. The summed E-state index contributed by atoms with van der Waals surface area (Å²) in [6.45, 7) is 0. The van der Waals surface area contributed by atoms with Crippen LogP contribution in [0.2, 0.25) is 0 Å². The molecule has 0 saturated heterocycles. The summed E-state index contributed by atoms with van der Waals surface area (Å²) in [7, 11) is 0. The normalized spacial score (nSPS) is 11.7. The van der Waals surface area contributed by atoms with Gasteiger partial charge in [-0.3, -0.25) is 4.57 Å². The van der Waals surface area contributed by atoms with Crippen LogP contribution < -0.4 is 0 Å². The van der Waals surface area contributed by atoms with Gasteiger partial charge in [-0.2, -0.15) is 0 Å². The highest BCUT2D eigenvalue weighted by atomic mass is 15.0. The fourth-order valence-corrected chi connectivity index (χ4v) is 4.33. The predicted octanol–water partition coefficient (Wildman–Crippen LogP) is 6.49. The van der Waals surface area contributed by atoms with Gasteiger partial charge in [-0.25, -0.2) is 4.98 Å². The molecule has 0 spiro atoms. The van der Waals surface area contributed by atoms with Crippen molar-refractivity contribution in [3.63, 3.8) is 0 Å². The van der Waals surface area contributed by atoms with Crippen molar-refractivity contribution >= 4 is 43.5 Å². The molecule has 0 aliphatic carbocycles. The lowest BCUT2D eigenvalue weighted by atomic mass is 9.97. The lowest BCUT2D eigenvalue weighted by Crippen LogP contribution is -1.95. The van der Waals surface area contributed by atoms with Gasteiger partial charge in [-0.1, -0.05) is 66.7 Å². The summed E-state index contributed by atoms with van der Waals surface area (Å²) >= 11 is 0. The molecule has 0 amide bonds. The number of nitrogens with zero attached hydrogens (tertiary/aromatic N) is 2. The molecule has 0 unspecified atom stereocenters. The van der Waals surface area contributed by atoms with Gasteiger partial charge in [0.25, 0.3) is 0 Å². The molecule has 6 rings (SSSR count). The van der Waals surface area contributed by atoms with Crippen LogP contribution in [-0.4, -0.2) is 9.55 Å². The highest BCUT2D eigenvalue weighted by Gasteiger charge is 2.18. The van der Waals surface area contributed by atoms with Crippen LogP contribution in [0.5, 0.6) is 0 Å². The highest BCUT2D eigenvalue weighted by molar-refractivity contribution is 6.31. The van der Waals surface area contributed by atoms with Crippen LogP contribution in [-0.2, 0) is 0 Å². The van der Waals surface area contributed by atoms with Crippen molar-refractivity contribution in [2.75, 3.05) is 0 Å². The van der Waals surface area contributed by atoms with Gasteiger partial charge < -0.3 is 0 Å². The lowest BCUT2D eigenvalue weighted by molar-refractivity contribution is 1.14. The molecule has 0 atom stereocenters. The Morgan fingerprint density at radius 1 is 0.519 bits per heavy atom. The number of aromatic nitrogens is 2. The zero-order valence-electron chi connectivity index (χ0n) is 14.6. The topological polar surface area (TPSA) is 17.8 Å². The van der Waals surface area contributed by atoms with Crippen molar-refractivity contribution < 1.29 is 0 Å². The number of fused-ring (bicyclic) bond motifs is 8. The Morgan fingerprint density at radius 3 is 1.89 bits per heavy atom. The summed E-state index contributed by atoms with van der Waals surface area (Å²) in [5.74, 6) is 0. The standard InChI is InChI=1S/C25H16N2/c1-2-9-17(10-3-1)27-24-21-14-7-5-12-19(21)18-11-4-6-13-20(18)23(24)22-15-8-16-26-25(22)27/h1-16H. The van der Waals surface area contributed by atoms with Crippen LogP contribution in [0, 0.1) is 0 Å². The second-order valence-corrected chi connectivity index (χ2v) is 6.86. The molecule has 0 saturated carbocycles. The van der Waals surface area contributed by atoms with E-state index < -0.39 is 0 Å². The van der Waals surface area contributed by atoms with E-state index in [0.717, 1.165) is 11.3 Å². The molecule has 0 aliphatic rings. The van der Waals surface area contributed by atoms with Crippen LogP contribution in [0.1, 0.15) is 0 Å². The molecule has 2 heteroatoms. The van der Waals surface area contributed by atoms with Crippen molar-refractivity contribution in [1.29, 1.82) is 0 Å². The summed E-state index contributed by atoms with van der Waals surface area (Å²) < 4.78 is 2.30. The molecule has 2 aromatic heterocycles. The molecule has 27 heavy (non-hydrogen) atoms. The molecular formula is C25H16N2. The van der Waals surface area contributed by atoms with Crippen LogP contribution in [0.3, 0.4) is 0 Å². The molecule has 0 radical (unpaired) electrons. The zero-order valence-corrected chi connectivity index (χ0v) is 14.6. The van der Waals surface area contributed by atoms with Crippen molar-refractivity contribution in [2.24, 2.45) is 0 Å². The van der Waals surface area contributed by atoms with Crippen LogP contribution in [0.4, 0.5) is 0 Å². The SMILES string of the molecule is c1ccc(-n2c3ncccc3c3c4ccccc4c4ccccc4c32)cc1. The van der Waals surface area contributed by atoms with Crippen molar-refractivity contribution in [3.05, 3.63) is 97.2 Å². The Balaban J connectivity index is 2.02. The first-order chi connectivity index (χ1) is 13.4. The maximum absolute atomic E-state index is 4.77. The summed E-state index contributed by atoms with van der Waals surface area (Å²) in [5, 5.41) is 7.57. The quantitative estimate of drug-likeness (QED) is 0.312. The van der Waals surface area contributed by atoms with E-state index in [2.05, 4.69) is 89.5 Å². The molecule has 2 nitrogen and oxygen atoms in total. The molecule has 0 bridgehead atoms. The number of rotatable bonds is 1. The summed E-state index contributed by atoms with van der Waals surface area (Å²) in [5.41, 5.74) is 3.36. The monoisotopic (exact) mass is 344 g/mol. The second kappa shape index (κ2) is 5.42. The number of hydrogen-bond acceptors (Lipinski definition) is 1. The van der Waals surface area contributed by atoms with Gasteiger partial charge >= 0.3 is 0 Å². The van der Waals surface area contributed by atoms with Crippen LogP contribution in [0.15, 0.2) is 97.2 Å². The van der Waals surface area contributed by atoms with E-state index in [1.165, 1.54) is 37.8 Å². The molecule has 4 aromatic carbocycles. The summed E-state index contributed by atoms with van der Waals surface area (Å²) in [4.78, 5) is 4.77. The molecule has 0 N–H and O–H groups in total. The van der Waals surface area contributed by atoms with Gasteiger partial charge in [-0.05, 0) is 40.4 Å². The minimum Gasteiger partial charge on any atom is -0.293 e. The second-order valence-electron chi connectivity index (χ2n) is 6.86. The van der Waals surface area contributed by atoms with E-state index in [4.69, 9.17) is 4.98 Å². The molecule has 126 valence electrons. The fraction of sp³-hybridized carbons (Fsp3) is 0. The Kier molecular flexibility index (Phi) is 2.91. The Hall–Kier alpha value is -3.65. The van der Waals surface area contributed by atoms with Gasteiger partial charge in [0.1, 0.15) is 5.65 Å². The number of benzene rings is 4. The maximum Gasteiger partial charge on any atom is 0.145 e. The third-order valence-corrected chi connectivity index (χ3v) is 5.41. The smallest absolute Gasteiger partial charge is 0.145 e. The average Bonchev–Trinajstić information content (AvgIpc) is 3.10. The van der Waals surface area contributed by atoms with E-state index in [-0.39, 0.29) is 0 Å². The first-order valence-electron chi connectivity index (χ1n) is 9.17. The van der Waals surface area contributed by atoms with Gasteiger partial charge in [-0.15, -0.1) is 0 Å². The predicted molar refractivity (Wildman–Crippen MR) is 114 cm³/mol. The number of pyridine rings is 1. The Bertz CT molecular complexity index is 1460. The zero-order chi connectivity index (χ0) is 17.8. The molecule has 0 fully saturated rings. The molecular weight excluding hydrogens is 328 g/mol. The van der Waals surface area contributed by atoms with Crippen molar-refractivity contribution in [1.82, 2.24) is 9.55 Å². The van der Waals surface area contributed by atoms with Crippen LogP contribution >= 0.6 is 0 Å². The van der Waals surface area contributed by atoms with Gasteiger partial charge in [0.05, 0.1) is 5.52 Å². The fourth-order valence-electron chi connectivity index (χ4n) is 4.33. The summed E-state index contributed by atoms with van der Waals surface area (Å²) in [6.07, 6.45) is 1.88. The Labute approximate surface area is 156 Å². The minimum absolute atomic E-state index is 1.00. The van der Waals surface area contributed by atoms with Crippen molar-refractivity contribution in [2.45, 2.75) is 0 Å². The number of hydrogen-bond donors (Lipinski definition) is 0. The Morgan fingerprint density at radius 2 is 1.11 bits per heavy atom. The minimum atomic E-state index is 1.00. The molecule has 2 heterocycles. The van der Waals surface area contributed by atoms with Crippen molar-refractivity contribution in [3.8, 4) is 5.69 Å². The third kappa shape index (κ3) is 1.92. The summed E-state index contributed by atoms with van der Waals surface area (Å²) in [6, 6.07) is 32.1. The molecule has 0 aliphatic heterocycles. The van der Waals surface area contributed by atoms with E-state index >= 15 is 0 Å². The van der Waals surface area contributed by atoms with Gasteiger partial charge in [0.2, 0.25) is 0 Å². The largest absolute Gasteiger partial charge is 0.293 e. The molecule has 6 aromatic rings. The van der Waals surface area contributed by atoms with E-state index in [1.807, 2.05) is 12.3 Å². The van der Waals surface area contributed by atoms with E-state index in [0.29, 0.717) is 0 Å². The third-order valence-electron chi connectivity index (χ3n) is 5.41. The average molecular weight is 344 g/mol. The van der Waals surface area contributed by atoms with E-state index in [9.17, 15) is 0 Å². The first kappa shape index (κ1) is 14.5. The van der Waals surface area contributed by atoms with Gasteiger partial charge in [0, 0.05) is 28.0 Å². The lowest BCUT2D eigenvalue weighted by Gasteiger charge is -2.11. The van der Waals surface area contributed by atoms with Gasteiger partial charge in [0.15, 0.2) is 0 Å². The van der Waals surface area contributed by atoms with Crippen LogP contribution in [0.25, 0.3) is 49.2 Å². The first-order valence-corrected chi connectivity index (χ1v) is 9.17. The van der Waals surface area contributed by atoms with E-state index in [1.54, 1.807) is 0 Å². The number of para-hydroxylation sites is 1. The highest BCUT2D eigenvalue weighted by Crippen LogP contribution is 2.41.